The number of ether oxygens (including phenoxy) is 3. The van der Waals surface area contributed by atoms with Crippen LogP contribution in [0.3, 0.4) is 0 Å². The number of rotatable bonds is 8. The van der Waals surface area contributed by atoms with E-state index in [-0.39, 0.29) is 0 Å². The third kappa shape index (κ3) is 4.27. The van der Waals surface area contributed by atoms with E-state index in [9.17, 15) is 0 Å². The molecule has 0 aliphatic heterocycles. The molecule has 1 aromatic carbocycles. The Morgan fingerprint density at radius 3 is 2.62 bits per heavy atom. The zero-order valence-corrected chi connectivity index (χ0v) is 13.0. The summed E-state index contributed by atoms with van der Waals surface area (Å²) in [5.74, 6) is 0.798. The highest BCUT2D eigenvalue weighted by Gasteiger charge is 2.10. The Kier molecular flexibility index (Phi) is 6.17. The van der Waals surface area contributed by atoms with Gasteiger partial charge in [0.1, 0.15) is 23.8 Å². The quantitative estimate of drug-likeness (QED) is 0.554. The number of hydrogen-bond donors (Lipinski definition) is 0. The molecule has 0 saturated carbocycles. The second kappa shape index (κ2) is 8.12. The van der Waals surface area contributed by atoms with E-state index in [0.717, 1.165) is 35.1 Å². The van der Waals surface area contributed by atoms with Crippen LogP contribution in [0.2, 0.25) is 5.15 Å². The number of hydrogen-bond acceptors (Lipinski definition) is 5. The number of nitrogens with zero attached hydrogens (tertiary/aromatic N) is 2. The summed E-state index contributed by atoms with van der Waals surface area (Å²) in [6.07, 6.45) is 3.24. The Bertz CT molecular complexity index is 592. The third-order valence-electron chi connectivity index (χ3n) is 3.11. The summed E-state index contributed by atoms with van der Waals surface area (Å²) in [5.41, 5.74) is 1.91. The molecule has 5 nitrogen and oxygen atoms in total. The summed E-state index contributed by atoms with van der Waals surface area (Å²) in [7, 11) is 3.34. The Labute approximate surface area is 129 Å². The standard InChI is InChI=1S/C15H19ClN2O3/c1-19-5-3-4-11-8-13-12(15(16)18-10-17-13)9-14(11)21-7-6-20-2/h8-10H,3-7H2,1-2H3. The van der Waals surface area contributed by atoms with Gasteiger partial charge in [-0.1, -0.05) is 11.6 Å². The highest BCUT2D eigenvalue weighted by Crippen LogP contribution is 2.29. The van der Waals surface area contributed by atoms with Gasteiger partial charge in [-0.05, 0) is 30.5 Å². The Balaban J connectivity index is 2.29. The Morgan fingerprint density at radius 2 is 1.86 bits per heavy atom. The average Bonchev–Trinajstić information content (AvgIpc) is 2.49. The van der Waals surface area contributed by atoms with Crippen LogP contribution in [0.5, 0.6) is 5.75 Å². The maximum absolute atomic E-state index is 6.12. The number of benzene rings is 1. The molecule has 2 rings (SSSR count). The number of fused-ring (bicyclic) bond motifs is 1. The van der Waals surface area contributed by atoms with Gasteiger partial charge < -0.3 is 14.2 Å². The number of halogens is 1. The van der Waals surface area contributed by atoms with Crippen LogP contribution in [0.25, 0.3) is 10.9 Å². The Hall–Kier alpha value is -1.43. The molecule has 0 fully saturated rings. The molecule has 1 aromatic heterocycles. The maximum atomic E-state index is 6.12. The first-order valence-corrected chi connectivity index (χ1v) is 7.18. The topological polar surface area (TPSA) is 53.5 Å². The predicted molar refractivity (Wildman–Crippen MR) is 82.1 cm³/mol. The SMILES string of the molecule is COCCCc1cc2ncnc(Cl)c2cc1OCCOC. The minimum atomic E-state index is 0.431. The second-order valence-corrected chi connectivity index (χ2v) is 4.94. The van der Waals surface area contributed by atoms with Gasteiger partial charge in [0.25, 0.3) is 0 Å². The van der Waals surface area contributed by atoms with Gasteiger partial charge in [0.2, 0.25) is 0 Å². The van der Waals surface area contributed by atoms with Gasteiger partial charge in [0.05, 0.1) is 12.1 Å². The molecule has 21 heavy (non-hydrogen) atoms. The van der Waals surface area contributed by atoms with Crippen LogP contribution >= 0.6 is 11.6 Å². The van der Waals surface area contributed by atoms with E-state index in [0.29, 0.717) is 25.0 Å². The molecule has 2 aromatic rings. The van der Waals surface area contributed by atoms with E-state index < -0.39 is 0 Å². The van der Waals surface area contributed by atoms with E-state index >= 15 is 0 Å². The Morgan fingerprint density at radius 1 is 1.05 bits per heavy atom. The lowest BCUT2D eigenvalue weighted by molar-refractivity contribution is 0.145. The van der Waals surface area contributed by atoms with Gasteiger partial charge >= 0.3 is 0 Å². The summed E-state index contributed by atoms with van der Waals surface area (Å²) in [6.45, 7) is 1.74. The molecule has 0 amide bonds. The summed E-state index contributed by atoms with van der Waals surface area (Å²) in [6, 6.07) is 3.90. The van der Waals surface area contributed by atoms with Crippen molar-refractivity contribution in [3.05, 3.63) is 29.2 Å². The van der Waals surface area contributed by atoms with Crippen molar-refractivity contribution in [2.45, 2.75) is 12.8 Å². The van der Waals surface area contributed by atoms with E-state index in [2.05, 4.69) is 9.97 Å². The van der Waals surface area contributed by atoms with E-state index in [4.69, 9.17) is 25.8 Å². The summed E-state index contributed by atoms with van der Waals surface area (Å²) >= 11 is 6.12. The highest BCUT2D eigenvalue weighted by atomic mass is 35.5. The van der Waals surface area contributed by atoms with Crippen LogP contribution in [-0.4, -0.2) is 44.0 Å². The van der Waals surface area contributed by atoms with Crippen LogP contribution in [0.1, 0.15) is 12.0 Å². The lowest BCUT2D eigenvalue weighted by atomic mass is 10.1. The van der Waals surface area contributed by atoms with Crippen LogP contribution in [0.15, 0.2) is 18.5 Å². The van der Waals surface area contributed by atoms with Gasteiger partial charge in [0.15, 0.2) is 0 Å². The molecule has 0 bridgehead atoms. The lowest BCUT2D eigenvalue weighted by Gasteiger charge is -2.13. The van der Waals surface area contributed by atoms with Crippen molar-refractivity contribution < 1.29 is 14.2 Å². The van der Waals surface area contributed by atoms with Crippen LogP contribution in [0.4, 0.5) is 0 Å². The highest BCUT2D eigenvalue weighted by molar-refractivity contribution is 6.34. The first kappa shape index (κ1) is 15.9. The number of methoxy groups -OCH3 is 2. The summed E-state index contributed by atoms with van der Waals surface area (Å²) in [4.78, 5) is 8.27. The van der Waals surface area contributed by atoms with Crippen molar-refractivity contribution in [3.63, 3.8) is 0 Å². The van der Waals surface area contributed by atoms with Crippen LogP contribution in [-0.2, 0) is 15.9 Å². The first-order valence-electron chi connectivity index (χ1n) is 6.80. The molecule has 0 saturated heterocycles. The minimum Gasteiger partial charge on any atom is -0.491 e. The largest absolute Gasteiger partial charge is 0.491 e. The fourth-order valence-electron chi connectivity index (χ4n) is 2.07. The molecule has 0 unspecified atom stereocenters. The van der Waals surface area contributed by atoms with Crippen LogP contribution < -0.4 is 4.74 Å². The zero-order valence-electron chi connectivity index (χ0n) is 12.3. The molecule has 0 atom stereocenters. The smallest absolute Gasteiger partial charge is 0.140 e. The summed E-state index contributed by atoms with van der Waals surface area (Å²) < 4.78 is 15.9. The number of aromatic nitrogens is 2. The fourth-order valence-corrected chi connectivity index (χ4v) is 2.26. The first-order chi connectivity index (χ1) is 10.3. The van der Waals surface area contributed by atoms with Crippen molar-refractivity contribution >= 4 is 22.5 Å². The van der Waals surface area contributed by atoms with Crippen molar-refractivity contribution in [1.82, 2.24) is 9.97 Å². The lowest BCUT2D eigenvalue weighted by Crippen LogP contribution is -2.06. The van der Waals surface area contributed by atoms with Gasteiger partial charge in [-0.3, -0.25) is 0 Å². The molecule has 0 aliphatic carbocycles. The van der Waals surface area contributed by atoms with E-state index in [1.807, 2.05) is 12.1 Å². The van der Waals surface area contributed by atoms with Crippen molar-refractivity contribution in [2.75, 3.05) is 34.0 Å². The van der Waals surface area contributed by atoms with Gasteiger partial charge in [0, 0.05) is 26.2 Å². The molecule has 0 aliphatic rings. The van der Waals surface area contributed by atoms with Gasteiger partial charge in [-0.15, -0.1) is 0 Å². The molecule has 114 valence electrons. The van der Waals surface area contributed by atoms with Gasteiger partial charge in [-0.2, -0.15) is 0 Å². The molecule has 1 heterocycles. The van der Waals surface area contributed by atoms with Crippen LogP contribution in [0, 0.1) is 0 Å². The normalized spacial score (nSPS) is 11.0. The molecular weight excluding hydrogens is 292 g/mol. The zero-order chi connectivity index (χ0) is 15.1. The van der Waals surface area contributed by atoms with Crippen molar-refractivity contribution in [2.24, 2.45) is 0 Å². The van der Waals surface area contributed by atoms with E-state index in [1.165, 1.54) is 6.33 Å². The predicted octanol–water partition coefficient (Wildman–Crippen LogP) is 2.89. The summed E-state index contributed by atoms with van der Waals surface area (Å²) in [5, 5.41) is 1.22. The molecule has 6 heteroatoms. The molecule has 0 N–H and O–H groups in total. The second-order valence-electron chi connectivity index (χ2n) is 4.58. The molecule has 0 radical (unpaired) electrons. The van der Waals surface area contributed by atoms with Crippen molar-refractivity contribution in [1.29, 1.82) is 0 Å². The third-order valence-corrected chi connectivity index (χ3v) is 3.41. The molecular formula is C15H19ClN2O3. The maximum Gasteiger partial charge on any atom is 0.140 e. The fraction of sp³-hybridized carbons (Fsp3) is 0.467. The van der Waals surface area contributed by atoms with Gasteiger partial charge in [-0.25, -0.2) is 9.97 Å². The minimum absolute atomic E-state index is 0.431. The average molecular weight is 311 g/mol. The van der Waals surface area contributed by atoms with E-state index in [1.54, 1.807) is 14.2 Å². The monoisotopic (exact) mass is 310 g/mol. The number of aryl methyl sites for hydroxylation is 1. The van der Waals surface area contributed by atoms with Crippen molar-refractivity contribution in [3.8, 4) is 5.75 Å². The molecule has 0 spiro atoms.